The molecule has 0 heterocycles. The van der Waals surface area contributed by atoms with Gasteiger partial charge in [0, 0.05) is 0 Å². The molecular weight excluding hydrogens is 120 g/mol. The van der Waals surface area contributed by atoms with E-state index in [1.807, 2.05) is 0 Å². The first-order valence-electron chi connectivity index (χ1n) is 4.14. The summed E-state index contributed by atoms with van der Waals surface area (Å²) < 4.78 is 0. The van der Waals surface area contributed by atoms with Gasteiger partial charge in [-0.2, -0.15) is 0 Å². The zero-order valence-electron chi connectivity index (χ0n) is 8.15. The second-order valence-corrected chi connectivity index (χ2v) is 3.68. The molecule has 60 valence electrons. The Morgan fingerprint density at radius 2 is 0.900 bits per heavy atom. The van der Waals surface area contributed by atoms with Gasteiger partial charge in [-0.25, -0.2) is 0 Å². The first-order valence-corrected chi connectivity index (χ1v) is 4.14. The van der Waals surface area contributed by atoms with E-state index in [9.17, 15) is 0 Å². The van der Waals surface area contributed by atoms with Gasteiger partial charge in [-0.1, -0.05) is 38.8 Å². The summed E-state index contributed by atoms with van der Waals surface area (Å²) in [6.07, 6.45) is 0. The van der Waals surface area contributed by atoms with Crippen LogP contribution in [0.1, 0.15) is 41.5 Å². The fraction of sp³-hybridized carbons (Fsp3) is 0.800. The van der Waals surface area contributed by atoms with E-state index in [0.29, 0.717) is 11.8 Å². The van der Waals surface area contributed by atoms with Crippen molar-refractivity contribution < 1.29 is 0 Å². The molecule has 0 aliphatic carbocycles. The molecule has 0 aromatic heterocycles. The highest BCUT2D eigenvalue weighted by atomic mass is 14.1. The van der Waals surface area contributed by atoms with Crippen LogP contribution in [0.2, 0.25) is 0 Å². The molecule has 0 atom stereocenters. The fourth-order valence-electron chi connectivity index (χ4n) is 0.911. The highest BCUT2D eigenvalue weighted by molar-refractivity contribution is 5.13. The van der Waals surface area contributed by atoms with E-state index in [1.54, 1.807) is 11.1 Å². The second kappa shape index (κ2) is 3.80. The van der Waals surface area contributed by atoms with Gasteiger partial charge in [-0.05, 0) is 25.7 Å². The monoisotopic (exact) mass is 140 g/mol. The molecule has 0 aromatic carbocycles. The van der Waals surface area contributed by atoms with Crippen molar-refractivity contribution in [2.24, 2.45) is 11.8 Å². The first-order chi connectivity index (χ1) is 4.46. The average Bonchev–Trinajstić information content (AvgIpc) is 1.84. The minimum atomic E-state index is 0.711. The largest absolute Gasteiger partial charge is 0.0716 e. The van der Waals surface area contributed by atoms with E-state index >= 15 is 0 Å². The van der Waals surface area contributed by atoms with Gasteiger partial charge in [0.1, 0.15) is 0 Å². The van der Waals surface area contributed by atoms with Crippen LogP contribution in [0.4, 0.5) is 0 Å². The number of rotatable bonds is 2. The van der Waals surface area contributed by atoms with Crippen LogP contribution >= 0.6 is 0 Å². The smallest absolute Gasteiger partial charge is 0.0260 e. The third kappa shape index (κ3) is 2.55. The molecule has 0 radical (unpaired) electrons. The van der Waals surface area contributed by atoms with Gasteiger partial charge in [-0.15, -0.1) is 0 Å². The first kappa shape index (κ1) is 9.74. The molecule has 0 amide bonds. The lowest BCUT2D eigenvalue weighted by atomic mass is 9.93. The van der Waals surface area contributed by atoms with Crippen molar-refractivity contribution in [2.75, 3.05) is 0 Å². The summed E-state index contributed by atoms with van der Waals surface area (Å²) in [5, 5.41) is 0. The summed E-state index contributed by atoms with van der Waals surface area (Å²) in [6.45, 7) is 13.5. The molecule has 0 spiro atoms. The van der Waals surface area contributed by atoms with Crippen molar-refractivity contribution in [1.29, 1.82) is 0 Å². The quantitative estimate of drug-likeness (QED) is 0.514. The lowest BCUT2D eigenvalue weighted by Gasteiger charge is -2.13. The minimum absolute atomic E-state index is 0.711. The van der Waals surface area contributed by atoms with E-state index in [0.717, 1.165) is 0 Å². The van der Waals surface area contributed by atoms with Crippen LogP contribution in [0, 0.1) is 11.8 Å². The van der Waals surface area contributed by atoms with Crippen LogP contribution in [-0.2, 0) is 0 Å². The van der Waals surface area contributed by atoms with Crippen LogP contribution in [0.25, 0.3) is 0 Å². The Hall–Kier alpha value is -0.260. The van der Waals surface area contributed by atoms with Crippen LogP contribution in [-0.4, -0.2) is 0 Å². The van der Waals surface area contributed by atoms with Crippen molar-refractivity contribution >= 4 is 0 Å². The normalized spacial score (nSPS) is 14.4. The number of allylic oxidation sites excluding steroid dienone is 2. The lowest BCUT2D eigenvalue weighted by molar-refractivity contribution is 0.691. The van der Waals surface area contributed by atoms with Gasteiger partial charge >= 0.3 is 0 Å². The number of hydrogen-bond acceptors (Lipinski definition) is 0. The fourth-order valence-corrected chi connectivity index (χ4v) is 0.911. The van der Waals surface area contributed by atoms with Gasteiger partial charge in [0.05, 0.1) is 0 Å². The molecule has 0 aliphatic heterocycles. The van der Waals surface area contributed by atoms with Crippen LogP contribution in [0.15, 0.2) is 11.1 Å². The van der Waals surface area contributed by atoms with Gasteiger partial charge in [-0.3, -0.25) is 0 Å². The van der Waals surface area contributed by atoms with Crippen molar-refractivity contribution in [2.45, 2.75) is 41.5 Å². The Bertz CT molecular complexity index is 111. The average molecular weight is 140 g/mol. The molecule has 0 fully saturated rings. The standard InChI is InChI=1S/C10H20/c1-7(2)9(5)10(6)8(3)4/h7-8H,1-6H3. The summed E-state index contributed by atoms with van der Waals surface area (Å²) in [5.41, 5.74) is 3.10. The Morgan fingerprint density at radius 1 is 0.700 bits per heavy atom. The van der Waals surface area contributed by atoms with Crippen molar-refractivity contribution in [3.63, 3.8) is 0 Å². The van der Waals surface area contributed by atoms with Gasteiger partial charge in [0.2, 0.25) is 0 Å². The molecule has 0 saturated carbocycles. The molecule has 0 unspecified atom stereocenters. The maximum Gasteiger partial charge on any atom is -0.0260 e. The third-order valence-corrected chi connectivity index (χ3v) is 2.35. The van der Waals surface area contributed by atoms with Crippen molar-refractivity contribution in [3.05, 3.63) is 11.1 Å². The SMILES string of the molecule is CC(=C(C)C(C)C)C(C)C. The predicted octanol–water partition coefficient (Wildman–Crippen LogP) is 3.63. The van der Waals surface area contributed by atoms with E-state index in [2.05, 4.69) is 41.5 Å². The maximum atomic E-state index is 2.25. The van der Waals surface area contributed by atoms with Crippen molar-refractivity contribution in [1.82, 2.24) is 0 Å². The summed E-state index contributed by atoms with van der Waals surface area (Å²) in [5.74, 6) is 1.42. The molecule has 0 rings (SSSR count). The highest BCUT2D eigenvalue weighted by Gasteiger charge is 2.03. The zero-order chi connectivity index (χ0) is 8.31. The van der Waals surface area contributed by atoms with Gasteiger partial charge in [0.15, 0.2) is 0 Å². The molecular formula is C10H20. The van der Waals surface area contributed by atoms with Gasteiger partial charge in [0.25, 0.3) is 0 Å². The van der Waals surface area contributed by atoms with E-state index in [4.69, 9.17) is 0 Å². The summed E-state index contributed by atoms with van der Waals surface area (Å²) in [7, 11) is 0. The highest BCUT2D eigenvalue weighted by Crippen LogP contribution is 2.19. The molecule has 10 heavy (non-hydrogen) atoms. The van der Waals surface area contributed by atoms with E-state index in [-0.39, 0.29) is 0 Å². The summed E-state index contributed by atoms with van der Waals surface area (Å²) >= 11 is 0. The molecule has 0 aromatic rings. The Kier molecular flexibility index (Phi) is 3.70. The van der Waals surface area contributed by atoms with Crippen LogP contribution < -0.4 is 0 Å². The van der Waals surface area contributed by atoms with E-state index in [1.165, 1.54) is 0 Å². The topological polar surface area (TPSA) is 0 Å². The van der Waals surface area contributed by atoms with E-state index < -0.39 is 0 Å². The molecule has 0 saturated heterocycles. The molecule has 0 N–H and O–H groups in total. The molecule has 0 nitrogen and oxygen atoms in total. The lowest BCUT2D eigenvalue weighted by Crippen LogP contribution is -1.98. The maximum absolute atomic E-state index is 2.25. The second-order valence-electron chi connectivity index (χ2n) is 3.68. The molecule has 0 heteroatoms. The van der Waals surface area contributed by atoms with Crippen LogP contribution in [0.5, 0.6) is 0 Å². The minimum Gasteiger partial charge on any atom is -0.0716 e. The number of hydrogen-bond donors (Lipinski definition) is 0. The Morgan fingerprint density at radius 3 is 1.00 bits per heavy atom. The summed E-state index contributed by atoms with van der Waals surface area (Å²) in [4.78, 5) is 0. The Labute approximate surface area is 65.3 Å². The van der Waals surface area contributed by atoms with Gasteiger partial charge < -0.3 is 0 Å². The van der Waals surface area contributed by atoms with Crippen molar-refractivity contribution in [3.8, 4) is 0 Å². The third-order valence-electron chi connectivity index (χ3n) is 2.35. The Balaban J connectivity index is 4.34. The molecule has 0 aliphatic rings. The predicted molar refractivity (Wildman–Crippen MR) is 48.1 cm³/mol. The zero-order valence-corrected chi connectivity index (χ0v) is 8.15. The van der Waals surface area contributed by atoms with Crippen LogP contribution in [0.3, 0.4) is 0 Å². The summed E-state index contributed by atoms with van der Waals surface area (Å²) in [6, 6.07) is 0. The molecule has 0 bridgehead atoms.